The third-order valence-corrected chi connectivity index (χ3v) is 1.82. The lowest BCUT2D eigenvalue weighted by atomic mass is 10.2. The van der Waals surface area contributed by atoms with Gasteiger partial charge in [0.15, 0.2) is 0 Å². The molecule has 1 nitrogen and oxygen atoms in total. The van der Waals surface area contributed by atoms with E-state index in [1.807, 2.05) is 12.1 Å². The summed E-state index contributed by atoms with van der Waals surface area (Å²) in [6.45, 7) is -0.135. The molecule has 0 bridgehead atoms. The minimum absolute atomic E-state index is 0.135. The molecule has 12 heavy (non-hydrogen) atoms. The summed E-state index contributed by atoms with van der Waals surface area (Å²) in [4.78, 5) is 0. The fourth-order valence-electron chi connectivity index (χ4n) is 0.785. The summed E-state index contributed by atoms with van der Waals surface area (Å²) in [5.74, 6) is 0. The smallest absolute Gasteiger partial charge is 0.0788 e. The molecule has 0 amide bonds. The summed E-state index contributed by atoms with van der Waals surface area (Å²) in [6, 6.07) is 7.21. The largest absolute Gasteiger partial charge is 0.391 e. The number of aliphatic hydroxyl groups excluding tert-OH is 1. The average molecular weight is 203 g/mol. The molecule has 1 rings (SSSR count). The van der Waals surface area contributed by atoms with Gasteiger partial charge in [-0.2, -0.15) is 0 Å². The molecule has 64 valence electrons. The molecule has 3 heteroatoms. The fraction of sp³-hybridized carbons (Fsp3) is 0.111. The van der Waals surface area contributed by atoms with E-state index in [0.29, 0.717) is 10.1 Å². The maximum Gasteiger partial charge on any atom is 0.0788 e. The number of hydrogen-bond acceptors (Lipinski definition) is 1. The molecular formula is C9H8Cl2O. The number of halogens is 2. The predicted octanol–water partition coefficient (Wildman–Crippen LogP) is 2.91. The van der Waals surface area contributed by atoms with E-state index < -0.39 is 0 Å². The normalized spacial score (nSPS) is 11.8. The molecule has 0 saturated carbocycles. The van der Waals surface area contributed by atoms with E-state index in [4.69, 9.17) is 28.3 Å². The summed E-state index contributed by atoms with van der Waals surface area (Å²) in [7, 11) is 0. The monoisotopic (exact) mass is 202 g/mol. The molecule has 0 heterocycles. The Morgan fingerprint density at radius 1 is 1.33 bits per heavy atom. The van der Waals surface area contributed by atoms with Crippen LogP contribution >= 0.6 is 23.2 Å². The Kier molecular flexibility index (Phi) is 3.60. The van der Waals surface area contributed by atoms with E-state index in [1.54, 1.807) is 18.2 Å². The van der Waals surface area contributed by atoms with Crippen molar-refractivity contribution in [2.45, 2.75) is 0 Å². The second-order valence-corrected chi connectivity index (χ2v) is 3.22. The van der Waals surface area contributed by atoms with Gasteiger partial charge in [0.05, 0.1) is 6.61 Å². The lowest BCUT2D eigenvalue weighted by Crippen LogP contribution is -1.80. The fourth-order valence-corrected chi connectivity index (χ4v) is 1.04. The van der Waals surface area contributed by atoms with E-state index in [9.17, 15) is 0 Å². The van der Waals surface area contributed by atoms with Gasteiger partial charge in [0.2, 0.25) is 0 Å². The Morgan fingerprint density at radius 2 is 1.92 bits per heavy atom. The van der Waals surface area contributed by atoms with Gasteiger partial charge in [-0.3, -0.25) is 0 Å². The SMILES string of the molecule is OC/C(Cl)=C/c1ccc(Cl)cc1. The Bertz CT molecular complexity index is 277. The molecule has 1 N–H and O–H groups in total. The lowest BCUT2D eigenvalue weighted by molar-refractivity contribution is 0.339. The van der Waals surface area contributed by atoms with Crippen LogP contribution in [0.15, 0.2) is 29.3 Å². The van der Waals surface area contributed by atoms with Gasteiger partial charge in [0, 0.05) is 10.1 Å². The summed E-state index contributed by atoms with van der Waals surface area (Å²) < 4.78 is 0. The molecule has 0 radical (unpaired) electrons. The molecular weight excluding hydrogens is 195 g/mol. The highest BCUT2D eigenvalue weighted by atomic mass is 35.5. The second kappa shape index (κ2) is 4.51. The van der Waals surface area contributed by atoms with Gasteiger partial charge in [-0.1, -0.05) is 35.3 Å². The molecule has 0 fully saturated rings. The number of hydrogen-bond donors (Lipinski definition) is 1. The van der Waals surface area contributed by atoms with Crippen molar-refractivity contribution >= 4 is 29.3 Å². The number of aliphatic hydroxyl groups is 1. The zero-order chi connectivity index (χ0) is 8.97. The van der Waals surface area contributed by atoms with Crippen LogP contribution in [-0.4, -0.2) is 11.7 Å². The first-order valence-corrected chi connectivity index (χ1v) is 4.20. The van der Waals surface area contributed by atoms with E-state index in [2.05, 4.69) is 0 Å². The quantitative estimate of drug-likeness (QED) is 0.783. The first kappa shape index (κ1) is 9.59. The zero-order valence-corrected chi connectivity index (χ0v) is 7.81. The van der Waals surface area contributed by atoms with Crippen molar-refractivity contribution in [3.05, 3.63) is 39.9 Å². The topological polar surface area (TPSA) is 20.2 Å². The van der Waals surface area contributed by atoms with E-state index in [1.165, 1.54) is 0 Å². The van der Waals surface area contributed by atoms with Crippen molar-refractivity contribution in [3.63, 3.8) is 0 Å². The molecule has 1 aromatic carbocycles. The van der Waals surface area contributed by atoms with Crippen LogP contribution < -0.4 is 0 Å². The van der Waals surface area contributed by atoms with Crippen molar-refractivity contribution < 1.29 is 5.11 Å². The maximum atomic E-state index is 8.62. The van der Waals surface area contributed by atoms with Gasteiger partial charge >= 0.3 is 0 Å². The van der Waals surface area contributed by atoms with Crippen LogP contribution in [0.4, 0.5) is 0 Å². The van der Waals surface area contributed by atoms with E-state index >= 15 is 0 Å². The van der Waals surface area contributed by atoms with Gasteiger partial charge in [0.1, 0.15) is 0 Å². The molecule has 0 aromatic heterocycles. The minimum Gasteiger partial charge on any atom is -0.391 e. The van der Waals surface area contributed by atoms with Crippen molar-refractivity contribution in [2.75, 3.05) is 6.61 Å². The first-order chi connectivity index (χ1) is 5.72. The molecule has 0 aliphatic carbocycles. The highest BCUT2D eigenvalue weighted by Crippen LogP contribution is 2.13. The number of benzene rings is 1. The number of rotatable bonds is 2. The van der Waals surface area contributed by atoms with Gasteiger partial charge in [-0.05, 0) is 23.8 Å². The molecule has 0 aliphatic rings. The highest BCUT2D eigenvalue weighted by Gasteiger charge is 1.91. The van der Waals surface area contributed by atoms with Gasteiger partial charge in [0.25, 0.3) is 0 Å². The zero-order valence-electron chi connectivity index (χ0n) is 6.30. The molecule has 0 atom stereocenters. The van der Waals surface area contributed by atoms with Crippen molar-refractivity contribution in [2.24, 2.45) is 0 Å². The van der Waals surface area contributed by atoms with Crippen LogP contribution in [0.1, 0.15) is 5.56 Å². The molecule has 0 unspecified atom stereocenters. The van der Waals surface area contributed by atoms with Gasteiger partial charge in [-0.15, -0.1) is 0 Å². The molecule has 1 aromatic rings. The predicted molar refractivity (Wildman–Crippen MR) is 52.4 cm³/mol. The van der Waals surface area contributed by atoms with Gasteiger partial charge < -0.3 is 5.11 Å². The van der Waals surface area contributed by atoms with Crippen molar-refractivity contribution in [1.82, 2.24) is 0 Å². The second-order valence-electron chi connectivity index (χ2n) is 2.30. The lowest BCUT2D eigenvalue weighted by Gasteiger charge is -1.94. The highest BCUT2D eigenvalue weighted by molar-refractivity contribution is 6.32. The third kappa shape index (κ3) is 2.86. The van der Waals surface area contributed by atoms with Crippen LogP contribution in [0.25, 0.3) is 6.08 Å². The van der Waals surface area contributed by atoms with Crippen LogP contribution in [0, 0.1) is 0 Å². The summed E-state index contributed by atoms with van der Waals surface area (Å²) in [5, 5.41) is 9.73. The van der Waals surface area contributed by atoms with Crippen LogP contribution in [0.2, 0.25) is 5.02 Å². The Balaban J connectivity index is 2.84. The first-order valence-electron chi connectivity index (χ1n) is 3.45. The maximum absolute atomic E-state index is 8.62. The average Bonchev–Trinajstić information content (AvgIpc) is 2.09. The van der Waals surface area contributed by atoms with Crippen LogP contribution in [0.5, 0.6) is 0 Å². The van der Waals surface area contributed by atoms with E-state index in [0.717, 1.165) is 5.56 Å². The minimum atomic E-state index is -0.135. The molecule has 0 spiro atoms. The summed E-state index contributed by atoms with van der Waals surface area (Å²) >= 11 is 11.3. The standard InChI is InChI=1S/C9H8Cl2O/c10-8-3-1-7(2-4-8)5-9(11)6-12/h1-5,12H,6H2/b9-5-. The van der Waals surface area contributed by atoms with Gasteiger partial charge in [-0.25, -0.2) is 0 Å². The van der Waals surface area contributed by atoms with Crippen LogP contribution in [0.3, 0.4) is 0 Å². The Hall–Kier alpha value is -0.500. The van der Waals surface area contributed by atoms with Crippen molar-refractivity contribution in [3.8, 4) is 0 Å². The summed E-state index contributed by atoms with van der Waals surface area (Å²) in [6.07, 6.45) is 1.69. The van der Waals surface area contributed by atoms with Crippen LogP contribution in [-0.2, 0) is 0 Å². The Labute approximate surface area is 81.2 Å². The van der Waals surface area contributed by atoms with Crippen molar-refractivity contribution in [1.29, 1.82) is 0 Å². The molecule has 0 saturated heterocycles. The molecule has 0 aliphatic heterocycles. The van der Waals surface area contributed by atoms with E-state index in [-0.39, 0.29) is 6.61 Å². The summed E-state index contributed by atoms with van der Waals surface area (Å²) in [5.41, 5.74) is 0.929. The third-order valence-electron chi connectivity index (χ3n) is 1.34. The Morgan fingerprint density at radius 3 is 2.42 bits per heavy atom.